The van der Waals surface area contributed by atoms with Crippen LogP contribution in [-0.2, 0) is 21.4 Å². The Labute approximate surface area is 201 Å². The Kier molecular flexibility index (Phi) is 7.11. The molecule has 0 aliphatic carbocycles. The topological polar surface area (TPSA) is 111 Å². The van der Waals surface area contributed by atoms with Gasteiger partial charge >= 0.3 is 0 Å². The molecular formula is C25H22FN3O5S. The molecule has 0 atom stereocenters. The highest BCUT2D eigenvalue weighted by Gasteiger charge is 2.20. The lowest BCUT2D eigenvalue weighted by atomic mass is 10.2. The van der Waals surface area contributed by atoms with E-state index in [4.69, 9.17) is 9.15 Å². The van der Waals surface area contributed by atoms with Crippen molar-refractivity contribution in [3.05, 3.63) is 96.1 Å². The van der Waals surface area contributed by atoms with Gasteiger partial charge < -0.3 is 14.5 Å². The lowest BCUT2D eigenvalue weighted by molar-refractivity contribution is -0.123. The van der Waals surface area contributed by atoms with Gasteiger partial charge in [0.05, 0.1) is 22.7 Å². The van der Waals surface area contributed by atoms with E-state index in [2.05, 4.69) is 15.0 Å². The third kappa shape index (κ3) is 6.04. The summed E-state index contributed by atoms with van der Waals surface area (Å²) in [5, 5.41) is 2.72. The Morgan fingerprint density at radius 1 is 1.03 bits per heavy atom. The molecule has 0 radical (unpaired) electrons. The highest BCUT2D eigenvalue weighted by atomic mass is 32.2. The number of carbonyl (C=O) groups excluding carboxylic acids is 1. The summed E-state index contributed by atoms with van der Waals surface area (Å²) in [6.45, 7) is 1.64. The smallest absolute Gasteiger partial charge is 0.262 e. The normalized spacial score (nSPS) is 11.1. The molecule has 1 heterocycles. The number of nitrogens with zero attached hydrogens (tertiary/aromatic N) is 1. The molecule has 8 nitrogen and oxygen atoms in total. The number of oxazole rings is 1. The van der Waals surface area contributed by atoms with Gasteiger partial charge in [0.2, 0.25) is 5.89 Å². The number of anilines is 1. The lowest BCUT2D eigenvalue weighted by Gasteiger charge is -2.11. The molecule has 3 aromatic carbocycles. The van der Waals surface area contributed by atoms with Crippen LogP contribution in [0.2, 0.25) is 0 Å². The van der Waals surface area contributed by atoms with Crippen molar-refractivity contribution in [3.63, 3.8) is 0 Å². The summed E-state index contributed by atoms with van der Waals surface area (Å²) >= 11 is 0. The van der Waals surface area contributed by atoms with E-state index in [-0.39, 0.29) is 35.5 Å². The van der Waals surface area contributed by atoms with Crippen molar-refractivity contribution < 1.29 is 26.8 Å². The van der Waals surface area contributed by atoms with E-state index < -0.39 is 15.8 Å². The van der Waals surface area contributed by atoms with Gasteiger partial charge in [-0.25, -0.2) is 17.8 Å². The van der Waals surface area contributed by atoms with E-state index in [0.717, 1.165) is 12.1 Å². The minimum atomic E-state index is -4.05. The minimum Gasteiger partial charge on any atom is -0.484 e. The Balaban J connectivity index is 1.46. The molecule has 0 fully saturated rings. The number of benzene rings is 3. The molecule has 10 heteroatoms. The van der Waals surface area contributed by atoms with E-state index in [1.54, 1.807) is 43.3 Å². The third-order valence-electron chi connectivity index (χ3n) is 4.97. The molecule has 2 N–H and O–H groups in total. The van der Waals surface area contributed by atoms with Crippen LogP contribution in [0.1, 0.15) is 11.5 Å². The Hall–Kier alpha value is -4.18. The van der Waals surface area contributed by atoms with Crippen molar-refractivity contribution in [2.45, 2.75) is 18.4 Å². The van der Waals surface area contributed by atoms with Crippen LogP contribution in [0.4, 0.5) is 10.1 Å². The minimum absolute atomic E-state index is 0.101. The molecule has 1 amide bonds. The first-order valence-corrected chi connectivity index (χ1v) is 12.1. The molecule has 35 heavy (non-hydrogen) atoms. The van der Waals surface area contributed by atoms with Gasteiger partial charge in [-0.15, -0.1) is 0 Å². The van der Waals surface area contributed by atoms with Crippen molar-refractivity contribution in [3.8, 4) is 17.2 Å². The van der Waals surface area contributed by atoms with E-state index in [1.165, 1.54) is 12.1 Å². The Morgan fingerprint density at radius 3 is 2.54 bits per heavy atom. The number of hydrogen-bond donors (Lipinski definition) is 2. The van der Waals surface area contributed by atoms with E-state index in [9.17, 15) is 17.6 Å². The number of aromatic nitrogens is 1. The van der Waals surface area contributed by atoms with Gasteiger partial charge in [-0.1, -0.05) is 36.4 Å². The molecule has 0 saturated heterocycles. The van der Waals surface area contributed by atoms with Crippen LogP contribution in [-0.4, -0.2) is 25.9 Å². The first-order valence-electron chi connectivity index (χ1n) is 10.6. The summed E-state index contributed by atoms with van der Waals surface area (Å²) < 4.78 is 52.7. The Morgan fingerprint density at radius 2 is 1.77 bits per heavy atom. The zero-order chi connectivity index (χ0) is 24.8. The molecule has 0 aliphatic heterocycles. The largest absolute Gasteiger partial charge is 0.484 e. The molecule has 0 unspecified atom stereocenters. The second kappa shape index (κ2) is 10.4. The number of rotatable bonds is 9. The maximum absolute atomic E-state index is 13.5. The maximum atomic E-state index is 13.5. The number of carbonyl (C=O) groups is 1. The van der Waals surface area contributed by atoms with Crippen molar-refractivity contribution in [2.24, 2.45) is 0 Å². The molecule has 0 spiro atoms. The molecule has 4 rings (SSSR count). The van der Waals surface area contributed by atoms with E-state index in [0.29, 0.717) is 22.8 Å². The standard InChI is InChI=1S/C25H22FN3O5S/c1-17-23(15-27-24(30)16-33-19-9-3-2-4-10-19)28-25(34-17)21-12-5-6-13-22(21)29-35(31,32)20-11-7-8-18(26)14-20/h2-14,29H,15-16H2,1H3,(H,27,30). The molecular weight excluding hydrogens is 473 g/mol. The first-order chi connectivity index (χ1) is 16.8. The van der Waals surface area contributed by atoms with Crippen LogP contribution < -0.4 is 14.8 Å². The van der Waals surface area contributed by atoms with Crippen molar-refractivity contribution >= 4 is 21.6 Å². The first kappa shape index (κ1) is 24.0. The van der Waals surface area contributed by atoms with Crippen molar-refractivity contribution in [2.75, 3.05) is 11.3 Å². The molecule has 4 aromatic rings. The molecule has 0 aliphatic rings. The average molecular weight is 496 g/mol. The number of hydrogen-bond acceptors (Lipinski definition) is 6. The summed E-state index contributed by atoms with van der Waals surface area (Å²) in [4.78, 5) is 16.4. The number of ether oxygens (including phenoxy) is 1. The fourth-order valence-electron chi connectivity index (χ4n) is 3.20. The van der Waals surface area contributed by atoms with Gasteiger partial charge in [0.15, 0.2) is 6.61 Å². The molecule has 0 saturated carbocycles. The monoisotopic (exact) mass is 495 g/mol. The summed E-state index contributed by atoms with van der Waals surface area (Å²) in [6, 6.07) is 20.2. The van der Waals surface area contributed by atoms with Crippen LogP contribution in [0.5, 0.6) is 5.75 Å². The van der Waals surface area contributed by atoms with Gasteiger partial charge in [-0.05, 0) is 49.4 Å². The highest BCUT2D eigenvalue weighted by Crippen LogP contribution is 2.30. The van der Waals surface area contributed by atoms with Gasteiger partial charge in [-0.2, -0.15) is 0 Å². The van der Waals surface area contributed by atoms with Crippen molar-refractivity contribution in [1.82, 2.24) is 10.3 Å². The second-order valence-electron chi connectivity index (χ2n) is 7.51. The predicted octanol–water partition coefficient (Wildman–Crippen LogP) is 4.29. The molecule has 180 valence electrons. The van der Waals surface area contributed by atoms with Crippen LogP contribution >= 0.6 is 0 Å². The van der Waals surface area contributed by atoms with Crippen LogP contribution in [0.3, 0.4) is 0 Å². The number of halogens is 1. The summed E-state index contributed by atoms with van der Waals surface area (Å²) in [5.74, 6) is 0.225. The molecule has 0 bridgehead atoms. The predicted molar refractivity (Wildman–Crippen MR) is 128 cm³/mol. The quantitative estimate of drug-likeness (QED) is 0.359. The van der Waals surface area contributed by atoms with Gasteiger partial charge in [0.1, 0.15) is 23.0 Å². The van der Waals surface area contributed by atoms with Gasteiger partial charge in [-0.3, -0.25) is 9.52 Å². The number of para-hydroxylation sites is 2. The number of amides is 1. The van der Waals surface area contributed by atoms with Crippen LogP contribution in [0.15, 0.2) is 88.2 Å². The average Bonchev–Trinajstić information content (AvgIpc) is 3.22. The highest BCUT2D eigenvalue weighted by molar-refractivity contribution is 7.92. The zero-order valence-electron chi connectivity index (χ0n) is 18.7. The lowest BCUT2D eigenvalue weighted by Crippen LogP contribution is -2.28. The SMILES string of the molecule is Cc1oc(-c2ccccc2NS(=O)(=O)c2cccc(F)c2)nc1CNC(=O)COc1ccccc1. The van der Waals surface area contributed by atoms with Crippen LogP contribution in [0, 0.1) is 12.7 Å². The van der Waals surface area contributed by atoms with Gasteiger partial charge in [0.25, 0.3) is 15.9 Å². The third-order valence-corrected chi connectivity index (χ3v) is 6.33. The zero-order valence-corrected chi connectivity index (χ0v) is 19.5. The fourth-order valence-corrected chi connectivity index (χ4v) is 4.31. The van der Waals surface area contributed by atoms with Gasteiger partial charge in [0, 0.05) is 0 Å². The summed E-state index contributed by atoms with van der Waals surface area (Å²) in [6.07, 6.45) is 0. The fraction of sp³-hybridized carbons (Fsp3) is 0.120. The second-order valence-corrected chi connectivity index (χ2v) is 9.19. The maximum Gasteiger partial charge on any atom is 0.262 e. The van der Waals surface area contributed by atoms with E-state index >= 15 is 0 Å². The summed E-state index contributed by atoms with van der Waals surface area (Å²) in [5.41, 5.74) is 1.08. The van der Waals surface area contributed by atoms with E-state index in [1.807, 2.05) is 18.2 Å². The molecule has 1 aromatic heterocycles. The number of sulfonamides is 1. The number of aryl methyl sites for hydroxylation is 1. The number of nitrogens with one attached hydrogen (secondary N) is 2. The summed E-state index contributed by atoms with van der Waals surface area (Å²) in [7, 11) is -4.05. The van der Waals surface area contributed by atoms with Crippen LogP contribution in [0.25, 0.3) is 11.5 Å². The van der Waals surface area contributed by atoms with Crippen molar-refractivity contribution in [1.29, 1.82) is 0 Å². The Bertz CT molecular complexity index is 1440.